The van der Waals surface area contributed by atoms with E-state index in [1.165, 1.54) is 12.8 Å². The van der Waals surface area contributed by atoms with Gasteiger partial charge in [-0.25, -0.2) is 0 Å². The lowest BCUT2D eigenvalue weighted by Gasteiger charge is -2.13. The third kappa shape index (κ3) is 6.30. The van der Waals surface area contributed by atoms with Crippen LogP contribution in [0.25, 0.3) is 0 Å². The van der Waals surface area contributed by atoms with Crippen molar-refractivity contribution < 1.29 is 9.53 Å². The van der Waals surface area contributed by atoms with E-state index >= 15 is 0 Å². The summed E-state index contributed by atoms with van der Waals surface area (Å²) >= 11 is 1.74. The van der Waals surface area contributed by atoms with Gasteiger partial charge in [-0.05, 0) is 25.5 Å². The van der Waals surface area contributed by atoms with Gasteiger partial charge >= 0.3 is 5.97 Å². The zero-order valence-corrected chi connectivity index (χ0v) is 10.4. The van der Waals surface area contributed by atoms with E-state index in [0.29, 0.717) is 6.61 Å². The number of hydrogen-bond donors (Lipinski definition) is 0. The molecule has 0 aromatic carbocycles. The topological polar surface area (TPSA) is 26.3 Å². The number of rotatable bonds is 8. The van der Waals surface area contributed by atoms with Crippen LogP contribution in [-0.4, -0.2) is 23.6 Å². The normalized spacial score (nSPS) is 12.5. The first-order valence-electron chi connectivity index (χ1n) is 5.54. The Bertz CT molecular complexity index is 148. The molecule has 0 radical (unpaired) electrons. The molecular weight excluding hydrogens is 196 g/mol. The van der Waals surface area contributed by atoms with Crippen molar-refractivity contribution in [3.05, 3.63) is 0 Å². The molecule has 2 nitrogen and oxygen atoms in total. The molecule has 0 fully saturated rings. The minimum absolute atomic E-state index is 0.0320. The van der Waals surface area contributed by atoms with E-state index in [0.717, 1.165) is 18.6 Å². The van der Waals surface area contributed by atoms with Crippen LogP contribution in [0.2, 0.25) is 0 Å². The largest absolute Gasteiger partial charge is 0.465 e. The number of ether oxygens (including phenoxy) is 1. The molecule has 0 N–H and O–H groups in total. The van der Waals surface area contributed by atoms with E-state index in [4.69, 9.17) is 4.74 Å². The van der Waals surface area contributed by atoms with Gasteiger partial charge in [0.15, 0.2) is 0 Å². The van der Waals surface area contributed by atoms with Gasteiger partial charge in [0, 0.05) is 0 Å². The summed E-state index contributed by atoms with van der Waals surface area (Å²) in [5.41, 5.74) is 0. The van der Waals surface area contributed by atoms with Gasteiger partial charge in [-0.2, -0.15) is 0 Å². The van der Waals surface area contributed by atoms with Crippen LogP contribution in [0.1, 0.15) is 46.5 Å². The summed E-state index contributed by atoms with van der Waals surface area (Å²) in [6.45, 7) is 6.62. The second-order valence-corrected chi connectivity index (χ2v) is 4.56. The highest BCUT2D eigenvalue weighted by atomic mass is 32.2. The Hall–Kier alpha value is -0.180. The number of carbonyl (C=O) groups is 1. The molecule has 1 atom stereocenters. The summed E-state index contributed by atoms with van der Waals surface area (Å²) in [5.74, 6) is 1.04. The van der Waals surface area contributed by atoms with Crippen molar-refractivity contribution in [3.63, 3.8) is 0 Å². The highest BCUT2D eigenvalue weighted by molar-refractivity contribution is 8.00. The average molecular weight is 218 g/mol. The van der Waals surface area contributed by atoms with Crippen molar-refractivity contribution in [2.75, 3.05) is 12.4 Å². The van der Waals surface area contributed by atoms with Crippen molar-refractivity contribution in [2.24, 2.45) is 0 Å². The first kappa shape index (κ1) is 13.8. The Morgan fingerprint density at radius 2 is 2.00 bits per heavy atom. The quantitative estimate of drug-likeness (QED) is 0.462. The predicted octanol–water partition coefficient (Wildman–Crippen LogP) is 3.25. The molecule has 0 rings (SSSR count). The van der Waals surface area contributed by atoms with Crippen molar-refractivity contribution in [1.29, 1.82) is 0 Å². The summed E-state index contributed by atoms with van der Waals surface area (Å²) < 4.78 is 5.03. The van der Waals surface area contributed by atoms with Crippen LogP contribution in [0.4, 0.5) is 0 Å². The van der Waals surface area contributed by atoms with Crippen molar-refractivity contribution in [3.8, 4) is 0 Å². The van der Waals surface area contributed by atoms with Gasteiger partial charge in [0.1, 0.15) is 5.25 Å². The third-order valence-corrected chi connectivity index (χ3v) is 3.27. The van der Waals surface area contributed by atoms with Gasteiger partial charge in [0.2, 0.25) is 0 Å². The Kier molecular flexibility index (Phi) is 9.26. The number of unbranched alkanes of at least 4 members (excludes halogenated alkanes) is 1. The van der Waals surface area contributed by atoms with Crippen LogP contribution in [0, 0.1) is 0 Å². The highest BCUT2D eigenvalue weighted by Gasteiger charge is 2.18. The number of hydrogen-bond acceptors (Lipinski definition) is 3. The fourth-order valence-corrected chi connectivity index (χ4v) is 2.48. The minimum Gasteiger partial charge on any atom is -0.465 e. The fourth-order valence-electron chi connectivity index (χ4n) is 1.14. The molecule has 0 aliphatic rings. The van der Waals surface area contributed by atoms with E-state index in [-0.39, 0.29) is 11.2 Å². The van der Waals surface area contributed by atoms with Gasteiger partial charge < -0.3 is 4.74 Å². The van der Waals surface area contributed by atoms with Crippen molar-refractivity contribution in [2.45, 2.75) is 51.7 Å². The highest BCUT2D eigenvalue weighted by Crippen LogP contribution is 2.19. The van der Waals surface area contributed by atoms with Gasteiger partial charge in [-0.3, -0.25) is 4.79 Å². The zero-order chi connectivity index (χ0) is 10.8. The summed E-state index contributed by atoms with van der Waals surface area (Å²) in [6, 6.07) is 0. The molecule has 0 heterocycles. The molecule has 84 valence electrons. The predicted molar refractivity (Wildman–Crippen MR) is 62.7 cm³/mol. The standard InChI is InChI=1S/C11H22O2S/c1-4-7-9-14-10(8-5-2)11(12)13-6-3/h10H,4-9H2,1-3H3. The van der Waals surface area contributed by atoms with Crippen LogP contribution in [0.5, 0.6) is 0 Å². The maximum absolute atomic E-state index is 11.5. The van der Waals surface area contributed by atoms with Crippen LogP contribution >= 0.6 is 11.8 Å². The second kappa shape index (κ2) is 9.38. The lowest BCUT2D eigenvalue weighted by atomic mass is 10.2. The molecule has 3 heteroatoms. The molecule has 0 saturated heterocycles. The summed E-state index contributed by atoms with van der Waals surface area (Å²) in [5, 5.41) is 0.0616. The van der Waals surface area contributed by atoms with Gasteiger partial charge in [-0.1, -0.05) is 26.7 Å². The van der Waals surface area contributed by atoms with E-state index in [9.17, 15) is 4.79 Å². The summed E-state index contributed by atoms with van der Waals surface area (Å²) in [6.07, 6.45) is 4.36. The molecule has 0 bridgehead atoms. The molecule has 0 aliphatic carbocycles. The van der Waals surface area contributed by atoms with E-state index in [2.05, 4.69) is 13.8 Å². The molecule has 0 spiro atoms. The fraction of sp³-hybridized carbons (Fsp3) is 0.909. The van der Waals surface area contributed by atoms with Crippen LogP contribution in [0.3, 0.4) is 0 Å². The molecule has 0 amide bonds. The molecular formula is C11H22O2S. The smallest absolute Gasteiger partial charge is 0.319 e. The van der Waals surface area contributed by atoms with E-state index < -0.39 is 0 Å². The second-order valence-electron chi connectivity index (χ2n) is 3.25. The molecule has 0 aliphatic heterocycles. The van der Waals surface area contributed by atoms with Gasteiger partial charge in [0.25, 0.3) is 0 Å². The molecule has 14 heavy (non-hydrogen) atoms. The van der Waals surface area contributed by atoms with Crippen molar-refractivity contribution >= 4 is 17.7 Å². The summed E-state index contributed by atoms with van der Waals surface area (Å²) in [7, 11) is 0. The lowest BCUT2D eigenvalue weighted by molar-refractivity contribution is -0.142. The Morgan fingerprint density at radius 3 is 2.50 bits per heavy atom. The molecule has 1 unspecified atom stereocenters. The first-order chi connectivity index (χ1) is 6.76. The minimum atomic E-state index is -0.0320. The van der Waals surface area contributed by atoms with Crippen LogP contribution in [-0.2, 0) is 9.53 Å². The van der Waals surface area contributed by atoms with Gasteiger partial charge in [-0.15, -0.1) is 11.8 Å². The average Bonchev–Trinajstić information content (AvgIpc) is 2.17. The molecule has 0 saturated carbocycles. The number of thioether (sulfide) groups is 1. The maximum Gasteiger partial charge on any atom is 0.319 e. The monoisotopic (exact) mass is 218 g/mol. The lowest BCUT2D eigenvalue weighted by Crippen LogP contribution is -2.20. The summed E-state index contributed by atoms with van der Waals surface area (Å²) in [4.78, 5) is 11.5. The number of carbonyl (C=O) groups excluding carboxylic acids is 1. The molecule has 0 aromatic heterocycles. The Morgan fingerprint density at radius 1 is 1.29 bits per heavy atom. The van der Waals surface area contributed by atoms with Crippen LogP contribution in [0.15, 0.2) is 0 Å². The first-order valence-corrected chi connectivity index (χ1v) is 6.59. The Labute approximate surface area is 91.8 Å². The van der Waals surface area contributed by atoms with Crippen molar-refractivity contribution in [1.82, 2.24) is 0 Å². The van der Waals surface area contributed by atoms with E-state index in [1.54, 1.807) is 11.8 Å². The third-order valence-electron chi connectivity index (χ3n) is 1.92. The zero-order valence-electron chi connectivity index (χ0n) is 9.54. The SMILES string of the molecule is CCCCSC(CCC)C(=O)OCC. The van der Waals surface area contributed by atoms with Gasteiger partial charge in [0.05, 0.1) is 6.61 Å². The van der Waals surface area contributed by atoms with E-state index in [1.807, 2.05) is 6.92 Å². The Balaban J connectivity index is 3.81. The molecule has 0 aromatic rings. The number of esters is 1. The maximum atomic E-state index is 11.5. The van der Waals surface area contributed by atoms with Crippen LogP contribution < -0.4 is 0 Å².